The highest BCUT2D eigenvalue weighted by atomic mass is 16.5. The van der Waals surface area contributed by atoms with Gasteiger partial charge in [0.1, 0.15) is 13.2 Å². The van der Waals surface area contributed by atoms with E-state index >= 15 is 0 Å². The molecular formula is C19H23NO7. The van der Waals surface area contributed by atoms with Crippen LogP contribution in [0.15, 0.2) is 42.0 Å². The van der Waals surface area contributed by atoms with Crippen LogP contribution in [-0.2, 0) is 35.2 Å². The van der Waals surface area contributed by atoms with Crippen LogP contribution in [0.5, 0.6) is 0 Å². The summed E-state index contributed by atoms with van der Waals surface area (Å²) in [6.45, 7) is 2.96. The fraction of sp³-hybridized carbons (Fsp3) is 0.368. The van der Waals surface area contributed by atoms with Gasteiger partial charge in [-0.05, 0) is 19.4 Å². The predicted octanol–water partition coefficient (Wildman–Crippen LogP) is 1.54. The van der Waals surface area contributed by atoms with Crippen molar-refractivity contribution in [2.75, 3.05) is 19.8 Å². The van der Waals surface area contributed by atoms with E-state index in [1.165, 1.54) is 11.8 Å². The smallest absolute Gasteiger partial charge is 0.333 e. The molecule has 1 aromatic rings. The van der Waals surface area contributed by atoms with Crippen LogP contribution in [0.1, 0.15) is 25.8 Å². The average molecular weight is 377 g/mol. The van der Waals surface area contributed by atoms with Gasteiger partial charge in [0.25, 0.3) is 0 Å². The summed E-state index contributed by atoms with van der Waals surface area (Å²) in [7, 11) is 0. The number of amides is 1. The summed E-state index contributed by atoms with van der Waals surface area (Å²) in [6.07, 6.45) is 0.588. The number of hydrogen-bond donors (Lipinski definition) is 1. The largest absolute Gasteiger partial charge is 0.478 e. The van der Waals surface area contributed by atoms with E-state index in [0.29, 0.717) is 0 Å². The first-order chi connectivity index (χ1) is 12.8. The van der Waals surface area contributed by atoms with Gasteiger partial charge < -0.3 is 19.5 Å². The van der Waals surface area contributed by atoms with Crippen LogP contribution < -0.4 is 0 Å². The van der Waals surface area contributed by atoms with Gasteiger partial charge in [0.15, 0.2) is 0 Å². The molecule has 146 valence electrons. The molecule has 0 atom stereocenters. The third-order valence-electron chi connectivity index (χ3n) is 3.41. The van der Waals surface area contributed by atoms with E-state index < -0.39 is 17.9 Å². The quantitative estimate of drug-likeness (QED) is 0.486. The second-order valence-electron chi connectivity index (χ2n) is 5.59. The number of carboxylic acids is 1. The van der Waals surface area contributed by atoms with Crippen LogP contribution in [-0.4, -0.2) is 53.6 Å². The Morgan fingerprint density at radius 1 is 1.11 bits per heavy atom. The van der Waals surface area contributed by atoms with Crippen LogP contribution in [0, 0.1) is 0 Å². The molecule has 0 aliphatic heterocycles. The number of benzene rings is 1. The Kier molecular flexibility index (Phi) is 9.28. The number of aliphatic carboxylic acids is 1. The summed E-state index contributed by atoms with van der Waals surface area (Å²) in [5, 5.41) is 8.60. The molecule has 8 nitrogen and oxygen atoms in total. The van der Waals surface area contributed by atoms with Gasteiger partial charge >= 0.3 is 17.9 Å². The normalized spacial score (nSPS) is 10.8. The zero-order valence-corrected chi connectivity index (χ0v) is 15.3. The molecule has 1 rings (SSSR count). The molecule has 0 radical (unpaired) electrons. The molecule has 1 aromatic carbocycles. The maximum Gasteiger partial charge on any atom is 0.333 e. The van der Waals surface area contributed by atoms with E-state index in [2.05, 4.69) is 0 Å². The Bertz CT molecular complexity index is 697. The van der Waals surface area contributed by atoms with Gasteiger partial charge in [-0.25, -0.2) is 9.59 Å². The topological polar surface area (TPSA) is 110 Å². The summed E-state index contributed by atoms with van der Waals surface area (Å²) < 4.78 is 9.78. The molecule has 0 aromatic heterocycles. The van der Waals surface area contributed by atoms with Crippen LogP contribution in [0.25, 0.3) is 0 Å². The van der Waals surface area contributed by atoms with Crippen molar-refractivity contribution < 1.29 is 33.8 Å². The lowest BCUT2D eigenvalue weighted by atomic mass is 10.2. The third-order valence-corrected chi connectivity index (χ3v) is 3.41. The number of esters is 2. The van der Waals surface area contributed by atoms with Crippen molar-refractivity contribution in [1.82, 2.24) is 4.90 Å². The average Bonchev–Trinajstić information content (AvgIpc) is 2.61. The molecule has 0 heterocycles. The van der Waals surface area contributed by atoms with E-state index in [1.807, 2.05) is 30.3 Å². The molecule has 0 aliphatic carbocycles. The highest BCUT2D eigenvalue weighted by Crippen LogP contribution is 2.07. The number of ether oxygens (including phenoxy) is 2. The molecule has 0 fully saturated rings. The van der Waals surface area contributed by atoms with Gasteiger partial charge in [-0.2, -0.15) is 0 Å². The molecular weight excluding hydrogens is 354 g/mol. The molecule has 0 spiro atoms. The van der Waals surface area contributed by atoms with Gasteiger partial charge in [0.2, 0.25) is 5.91 Å². The highest BCUT2D eigenvalue weighted by Gasteiger charge is 2.19. The Labute approximate surface area is 157 Å². The Hall–Kier alpha value is -3.16. The summed E-state index contributed by atoms with van der Waals surface area (Å²) in [6, 6.07) is 9.13. The van der Waals surface area contributed by atoms with Crippen molar-refractivity contribution >= 4 is 23.8 Å². The Morgan fingerprint density at radius 2 is 1.78 bits per heavy atom. The first-order valence-corrected chi connectivity index (χ1v) is 8.39. The number of carbonyl (C=O) groups is 4. The predicted molar refractivity (Wildman–Crippen MR) is 95.5 cm³/mol. The minimum absolute atomic E-state index is 0.0809. The lowest BCUT2D eigenvalue weighted by Gasteiger charge is -2.22. The second kappa shape index (κ2) is 11.5. The number of hydrogen-bond acceptors (Lipinski definition) is 6. The van der Waals surface area contributed by atoms with E-state index in [0.717, 1.165) is 11.6 Å². The first-order valence-electron chi connectivity index (χ1n) is 8.39. The molecule has 1 amide bonds. The minimum Gasteiger partial charge on any atom is -0.478 e. The van der Waals surface area contributed by atoms with Gasteiger partial charge in [-0.3, -0.25) is 9.59 Å². The van der Waals surface area contributed by atoms with E-state index in [9.17, 15) is 19.2 Å². The summed E-state index contributed by atoms with van der Waals surface area (Å²) >= 11 is 0. The van der Waals surface area contributed by atoms with Crippen LogP contribution in [0.2, 0.25) is 0 Å². The molecule has 27 heavy (non-hydrogen) atoms. The maximum absolute atomic E-state index is 12.4. The van der Waals surface area contributed by atoms with Crippen molar-refractivity contribution in [3.63, 3.8) is 0 Å². The lowest BCUT2D eigenvalue weighted by Crippen LogP contribution is -2.36. The number of rotatable bonds is 10. The SMILES string of the molecule is CCOC(=O)CN(Cc1ccccc1)C(=O)CCOC(=O)/C(C)=C/C(=O)O. The summed E-state index contributed by atoms with van der Waals surface area (Å²) in [5.74, 6) is -2.99. The van der Waals surface area contributed by atoms with Crippen molar-refractivity contribution in [3.05, 3.63) is 47.5 Å². The minimum atomic E-state index is -1.26. The van der Waals surface area contributed by atoms with Crippen molar-refractivity contribution in [2.45, 2.75) is 26.8 Å². The summed E-state index contributed by atoms with van der Waals surface area (Å²) in [4.78, 5) is 47.7. The molecule has 0 bridgehead atoms. The Balaban J connectivity index is 2.65. The van der Waals surface area contributed by atoms with Crippen molar-refractivity contribution in [3.8, 4) is 0 Å². The lowest BCUT2D eigenvalue weighted by molar-refractivity contribution is -0.150. The van der Waals surface area contributed by atoms with Crippen LogP contribution >= 0.6 is 0 Å². The molecule has 1 N–H and O–H groups in total. The van der Waals surface area contributed by atoms with Crippen LogP contribution in [0.3, 0.4) is 0 Å². The zero-order chi connectivity index (χ0) is 20.2. The van der Waals surface area contributed by atoms with Gasteiger partial charge in [-0.1, -0.05) is 30.3 Å². The van der Waals surface area contributed by atoms with Gasteiger partial charge in [-0.15, -0.1) is 0 Å². The molecule has 0 saturated carbocycles. The molecule has 0 saturated heterocycles. The fourth-order valence-corrected chi connectivity index (χ4v) is 2.15. The highest BCUT2D eigenvalue weighted by molar-refractivity contribution is 5.95. The third kappa shape index (κ3) is 8.66. The molecule has 0 unspecified atom stereocenters. The van der Waals surface area contributed by atoms with Crippen molar-refractivity contribution in [1.29, 1.82) is 0 Å². The standard InChI is InChI=1S/C19H23NO7/c1-3-26-18(24)13-20(12-15-7-5-4-6-8-15)16(21)9-10-27-19(25)14(2)11-17(22)23/h4-8,11H,3,9-10,12-13H2,1-2H3,(H,22,23)/b14-11+. The van der Waals surface area contributed by atoms with E-state index in [4.69, 9.17) is 14.6 Å². The summed E-state index contributed by atoms with van der Waals surface area (Å²) in [5.41, 5.74) is 0.759. The molecule has 8 heteroatoms. The zero-order valence-electron chi connectivity index (χ0n) is 15.3. The fourth-order valence-electron chi connectivity index (χ4n) is 2.15. The van der Waals surface area contributed by atoms with Gasteiger partial charge in [0.05, 0.1) is 13.0 Å². The number of carbonyl (C=O) groups excluding carboxylic acids is 3. The second-order valence-corrected chi connectivity index (χ2v) is 5.59. The molecule has 0 aliphatic rings. The van der Waals surface area contributed by atoms with Gasteiger partial charge in [0, 0.05) is 18.2 Å². The monoisotopic (exact) mass is 377 g/mol. The Morgan fingerprint density at radius 3 is 2.37 bits per heavy atom. The van der Waals surface area contributed by atoms with E-state index in [-0.39, 0.29) is 44.2 Å². The van der Waals surface area contributed by atoms with Crippen LogP contribution in [0.4, 0.5) is 0 Å². The van der Waals surface area contributed by atoms with Crippen molar-refractivity contribution in [2.24, 2.45) is 0 Å². The maximum atomic E-state index is 12.4. The first kappa shape index (κ1) is 21.9. The number of nitrogens with zero attached hydrogens (tertiary/aromatic N) is 1. The number of carboxylic acid groups (broad SMARTS) is 1. The van der Waals surface area contributed by atoms with E-state index in [1.54, 1.807) is 6.92 Å².